The fourth-order valence-corrected chi connectivity index (χ4v) is 2.03. The quantitative estimate of drug-likeness (QED) is 0.463. The predicted molar refractivity (Wildman–Crippen MR) is 60.2 cm³/mol. The van der Waals surface area contributed by atoms with E-state index in [-0.39, 0.29) is 0 Å². The zero-order valence-electron chi connectivity index (χ0n) is 9.30. The van der Waals surface area contributed by atoms with Crippen molar-refractivity contribution in [3.8, 4) is 0 Å². The molecule has 1 aliphatic carbocycles. The summed E-state index contributed by atoms with van der Waals surface area (Å²) in [6.07, 6.45) is 13.6. The van der Waals surface area contributed by atoms with E-state index in [2.05, 4.69) is 19.1 Å². The van der Waals surface area contributed by atoms with Gasteiger partial charge >= 0.3 is 0 Å². The van der Waals surface area contributed by atoms with Gasteiger partial charge in [0.15, 0.2) is 0 Å². The molecule has 0 amide bonds. The van der Waals surface area contributed by atoms with Crippen LogP contribution in [0.3, 0.4) is 0 Å². The van der Waals surface area contributed by atoms with Gasteiger partial charge in [-0.15, -0.1) is 0 Å². The maximum absolute atomic E-state index is 11.3. The lowest BCUT2D eigenvalue weighted by Gasteiger charge is -2.01. The summed E-state index contributed by atoms with van der Waals surface area (Å²) in [5, 5.41) is 0. The van der Waals surface area contributed by atoms with Gasteiger partial charge in [0.25, 0.3) is 0 Å². The Kier molecular flexibility index (Phi) is 5.58. The van der Waals surface area contributed by atoms with Gasteiger partial charge in [0.1, 0.15) is 5.78 Å². The molecule has 0 aromatic carbocycles. The second-order valence-corrected chi connectivity index (χ2v) is 4.26. The number of ketones is 1. The summed E-state index contributed by atoms with van der Waals surface area (Å²) in [4.78, 5) is 11.3. The summed E-state index contributed by atoms with van der Waals surface area (Å²) in [6, 6.07) is 0. The van der Waals surface area contributed by atoms with Crippen LogP contribution in [0, 0.1) is 5.92 Å². The molecule has 0 N–H and O–H groups in total. The normalized spacial score (nSPS) is 22.4. The van der Waals surface area contributed by atoms with Crippen molar-refractivity contribution in [2.75, 3.05) is 0 Å². The van der Waals surface area contributed by atoms with Crippen LogP contribution in [0.25, 0.3) is 0 Å². The number of carbonyl (C=O) groups is 1. The fraction of sp³-hybridized carbons (Fsp3) is 0.769. The first kappa shape index (κ1) is 11.5. The van der Waals surface area contributed by atoms with Gasteiger partial charge in [-0.25, -0.2) is 0 Å². The smallest absolute Gasteiger partial charge is 0.136 e. The Hall–Kier alpha value is -0.590. The molecule has 0 saturated heterocycles. The molecule has 14 heavy (non-hydrogen) atoms. The van der Waals surface area contributed by atoms with Crippen LogP contribution in [0.1, 0.15) is 58.3 Å². The van der Waals surface area contributed by atoms with Gasteiger partial charge < -0.3 is 0 Å². The molecule has 1 heteroatoms. The van der Waals surface area contributed by atoms with Crippen molar-refractivity contribution in [3.05, 3.63) is 12.2 Å². The Labute approximate surface area is 87.6 Å². The second kappa shape index (κ2) is 6.80. The molecule has 1 saturated carbocycles. The molecule has 1 nitrogen and oxygen atoms in total. The van der Waals surface area contributed by atoms with Crippen LogP contribution in [0.15, 0.2) is 12.2 Å². The summed E-state index contributed by atoms with van der Waals surface area (Å²) < 4.78 is 0. The zero-order valence-corrected chi connectivity index (χ0v) is 9.30. The van der Waals surface area contributed by atoms with Crippen molar-refractivity contribution >= 4 is 5.78 Å². The number of hydrogen-bond donors (Lipinski definition) is 0. The minimum absolute atomic E-state index is 0.359. The fourth-order valence-electron chi connectivity index (χ4n) is 2.03. The third-order valence-electron chi connectivity index (χ3n) is 2.99. The molecule has 0 spiro atoms. The highest BCUT2D eigenvalue weighted by Crippen LogP contribution is 2.24. The number of allylic oxidation sites excluding steroid dienone is 2. The van der Waals surface area contributed by atoms with E-state index in [1.807, 2.05) is 0 Å². The van der Waals surface area contributed by atoms with Crippen molar-refractivity contribution in [1.82, 2.24) is 0 Å². The second-order valence-electron chi connectivity index (χ2n) is 4.26. The summed E-state index contributed by atoms with van der Waals surface area (Å²) >= 11 is 0. The Morgan fingerprint density at radius 3 is 2.86 bits per heavy atom. The summed E-state index contributed by atoms with van der Waals surface area (Å²) in [6.45, 7) is 2.22. The van der Waals surface area contributed by atoms with Gasteiger partial charge in [-0.3, -0.25) is 4.79 Å². The monoisotopic (exact) mass is 194 g/mol. The van der Waals surface area contributed by atoms with Crippen molar-refractivity contribution in [2.24, 2.45) is 5.92 Å². The van der Waals surface area contributed by atoms with Crippen LogP contribution in [-0.4, -0.2) is 5.78 Å². The van der Waals surface area contributed by atoms with Crippen LogP contribution in [0.5, 0.6) is 0 Å². The summed E-state index contributed by atoms with van der Waals surface area (Å²) in [5.41, 5.74) is 0. The maximum Gasteiger partial charge on any atom is 0.136 e. The van der Waals surface area contributed by atoms with E-state index >= 15 is 0 Å². The summed E-state index contributed by atoms with van der Waals surface area (Å²) in [5.74, 6) is 0.848. The van der Waals surface area contributed by atoms with Crippen LogP contribution in [-0.2, 0) is 4.79 Å². The lowest BCUT2D eigenvalue weighted by molar-refractivity contribution is -0.120. The average molecular weight is 194 g/mol. The van der Waals surface area contributed by atoms with Gasteiger partial charge in [0, 0.05) is 12.3 Å². The Balaban J connectivity index is 2.04. The third-order valence-corrected chi connectivity index (χ3v) is 2.99. The molecule has 0 aromatic rings. The van der Waals surface area contributed by atoms with Crippen LogP contribution in [0.2, 0.25) is 0 Å². The largest absolute Gasteiger partial charge is 0.299 e. The first-order valence-electron chi connectivity index (χ1n) is 6.02. The molecule has 1 aliphatic rings. The van der Waals surface area contributed by atoms with Gasteiger partial charge in [-0.1, -0.05) is 31.9 Å². The van der Waals surface area contributed by atoms with Crippen LogP contribution >= 0.6 is 0 Å². The molecule has 0 heterocycles. The Morgan fingerprint density at radius 1 is 1.36 bits per heavy atom. The molecular weight excluding hydrogens is 172 g/mol. The van der Waals surface area contributed by atoms with Gasteiger partial charge in [0.05, 0.1) is 0 Å². The molecule has 1 unspecified atom stereocenters. The Bertz CT molecular complexity index is 193. The molecule has 80 valence electrons. The minimum atomic E-state index is 0.359. The number of unbranched alkanes of at least 4 members (excludes halogenated alkanes) is 3. The molecule has 1 fully saturated rings. The predicted octanol–water partition coefficient (Wildman–Crippen LogP) is 3.88. The van der Waals surface area contributed by atoms with Crippen LogP contribution < -0.4 is 0 Å². The minimum Gasteiger partial charge on any atom is -0.299 e. The van der Waals surface area contributed by atoms with E-state index < -0.39 is 0 Å². The third kappa shape index (κ3) is 4.08. The number of carbonyl (C=O) groups excluding carboxylic acids is 1. The van der Waals surface area contributed by atoms with E-state index in [9.17, 15) is 4.79 Å². The van der Waals surface area contributed by atoms with E-state index in [0.29, 0.717) is 11.7 Å². The first-order chi connectivity index (χ1) is 6.84. The van der Waals surface area contributed by atoms with E-state index in [4.69, 9.17) is 0 Å². The number of Topliss-reactive ketones (excluding diaryl/α,β-unsaturated/α-hetero) is 1. The highest BCUT2D eigenvalue weighted by molar-refractivity contribution is 5.82. The van der Waals surface area contributed by atoms with Gasteiger partial charge in [0.2, 0.25) is 0 Å². The van der Waals surface area contributed by atoms with E-state index in [1.54, 1.807) is 0 Å². The van der Waals surface area contributed by atoms with Crippen molar-refractivity contribution in [2.45, 2.75) is 58.3 Å². The highest BCUT2D eigenvalue weighted by Gasteiger charge is 2.22. The standard InChI is InChI=1S/C13H22O/c1-2-3-4-5-6-7-9-12-10-8-11-13(12)14/h6-7,12H,2-5,8-11H2,1H3. The van der Waals surface area contributed by atoms with Gasteiger partial charge in [-0.2, -0.15) is 0 Å². The van der Waals surface area contributed by atoms with Crippen molar-refractivity contribution in [1.29, 1.82) is 0 Å². The van der Waals surface area contributed by atoms with Crippen molar-refractivity contribution < 1.29 is 4.79 Å². The molecule has 0 bridgehead atoms. The lowest BCUT2D eigenvalue weighted by Crippen LogP contribution is -2.03. The molecule has 1 atom stereocenters. The average Bonchev–Trinajstić information content (AvgIpc) is 2.58. The number of hydrogen-bond acceptors (Lipinski definition) is 1. The topological polar surface area (TPSA) is 17.1 Å². The molecular formula is C13H22O. The van der Waals surface area contributed by atoms with Crippen LogP contribution in [0.4, 0.5) is 0 Å². The first-order valence-corrected chi connectivity index (χ1v) is 6.02. The number of rotatable bonds is 6. The molecule has 0 radical (unpaired) electrons. The highest BCUT2D eigenvalue weighted by atomic mass is 16.1. The SMILES string of the molecule is CCCCCC=CCC1CCCC1=O. The van der Waals surface area contributed by atoms with E-state index in [1.165, 1.54) is 25.7 Å². The lowest BCUT2D eigenvalue weighted by atomic mass is 10.0. The molecule has 0 aliphatic heterocycles. The van der Waals surface area contributed by atoms with Crippen molar-refractivity contribution in [3.63, 3.8) is 0 Å². The molecule has 0 aromatic heterocycles. The zero-order chi connectivity index (χ0) is 10.2. The molecule has 1 rings (SSSR count). The summed E-state index contributed by atoms with van der Waals surface area (Å²) in [7, 11) is 0. The maximum atomic E-state index is 11.3. The Morgan fingerprint density at radius 2 is 2.21 bits per heavy atom. The van der Waals surface area contributed by atoms with Gasteiger partial charge in [-0.05, 0) is 32.1 Å². The van der Waals surface area contributed by atoms with E-state index in [0.717, 1.165) is 25.7 Å².